The highest BCUT2D eigenvalue weighted by Crippen LogP contribution is 2.29. The molecule has 34 heavy (non-hydrogen) atoms. The van der Waals surface area contributed by atoms with E-state index in [-0.39, 0.29) is 36.4 Å². The molecule has 0 spiro atoms. The van der Waals surface area contributed by atoms with Crippen LogP contribution in [-0.4, -0.2) is 65.0 Å². The van der Waals surface area contributed by atoms with Gasteiger partial charge < -0.3 is 19.3 Å². The van der Waals surface area contributed by atoms with Crippen LogP contribution < -0.4 is 4.74 Å². The van der Waals surface area contributed by atoms with E-state index in [1.54, 1.807) is 11.1 Å². The highest BCUT2D eigenvalue weighted by Gasteiger charge is 2.37. The summed E-state index contributed by atoms with van der Waals surface area (Å²) in [6, 6.07) is 13.8. The number of aromatic nitrogens is 1. The first-order valence-electron chi connectivity index (χ1n) is 12.5. The summed E-state index contributed by atoms with van der Waals surface area (Å²) in [6.45, 7) is 1.73. The number of hydrogen-bond acceptors (Lipinski definition) is 5. The molecule has 2 amide bonds. The Kier molecular flexibility index (Phi) is 7.09. The minimum absolute atomic E-state index is 0.0280. The van der Waals surface area contributed by atoms with Gasteiger partial charge in [-0.1, -0.05) is 43.5 Å². The van der Waals surface area contributed by atoms with E-state index in [9.17, 15) is 9.59 Å². The molecule has 1 aromatic carbocycles. The maximum Gasteiger partial charge on any atom is 0.242 e. The molecule has 1 saturated heterocycles. The van der Waals surface area contributed by atoms with E-state index in [2.05, 4.69) is 4.98 Å². The van der Waals surface area contributed by atoms with Gasteiger partial charge in [-0.15, -0.1) is 0 Å². The van der Waals surface area contributed by atoms with Crippen molar-refractivity contribution >= 4 is 11.8 Å². The van der Waals surface area contributed by atoms with Gasteiger partial charge in [0.1, 0.15) is 12.4 Å². The first-order valence-corrected chi connectivity index (χ1v) is 12.5. The predicted molar refractivity (Wildman–Crippen MR) is 127 cm³/mol. The molecule has 1 aromatic heterocycles. The summed E-state index contributed by atoms with van der Waals surface area (Å²) in [5.41, 5.74) is 1.89. The molecule has 0 bridgehead atoms. The summed E-state index contributed by atoms with van der Waals surface area (Å²) in [5, 5.41) is 0. The van der Waals surface area contributed by atoms with Crippen LogP contribution in [0.1, 0.15) is 43.4 Å². The van der Waals surface area contributed by atoms with Gasteiger partial charge in [-0.25, -0.2) is 0 Å². The Balaban J connectivity index is 1.32. The smallest absolute Gasteiger partial charge is 0.242 e. The lowest BCUT2D eigenvalue weighted by Gasteiger charge is -2.34. The van der Waals surface area contributed by atoms with E-state index in [1.165, 1.54) is 6.42 Å². The van der Waals surface area contributed by atoms with Crippen LogP contribution >= 0.6 is 0 Å². The second kappa shape index (κ2) is 10.6. The summed E-state index contributed by atoms with van der Waals surface area (Å²) in [6.07, 6.45) is 7.71. The zero-order valence-electron chi connectivity index (χ0n) is 19.6. The van der Waals surface area contributed by atoms with Crippen LogP contribution in [0.3, 0.4) is 0 Å². The molecule has 0 radical (unpaired) electrons. The van der Waals surface area contributed by atoms with Crippen molar-refractivity contribution in [3.63, 3.8) is 0 Å². The standard InChI is InChI=1S/C27H33N3O4/c31-26-17-29(27(32)21-14-20-8-4-5-12-25(20)34-18-21)15-24(33-19-22-9-6-7-13-28-22)16-30(26)23-10-2-1-3-11-23/h4-9,12-13,21,23-24H,1-3,10-11,14-19H2/t21-,24+/m1/s1. The van der Waals surface area contributed by atoms with Crippen molar-refractivity contribution in [3.8, 4) is 5.75 Å². The largest absolute Gasteiger partial charge is 0.492 e. The monoisotopic (exact) mass is 463 g/mol. The number of carbonyl (C=O) groups excluding carboxylic acids is 2. The number of carbonyl (C=O) groups is 2. The van der Waals surface area contributed by atoms with Crippen LogP contribution in [0.2, 0.25) is 0 Å². The molecular weight excluding hydrogens is 430 g/mol. The summed E-state index contributed by atoms with van der Waals surface area (Å²) in [4.78, 5) is 35.0. The number of rotatable bonds is 5. The number of benzene rings is 1. The van der Waals surface area contributed by atoms with Crippen molar-refractivity contribution < 1.29 is 19.1 Å². The summed E-state index contributed by atoms with van der Waals surface area (Å²) < 4.78 is 12.1. The fourth-order valence-corrected chi connectivity index (χ4v) is 5.39. The maximum atomic E-state index is 13.6. The third kappa shape index (κ3) is 5.25. The Morgan fingerprint density at radius 2 is 1.88 bits per heavy atom. The van der Waals surface area contributed by atoms with Crippen molar-refractivity contribution in [2.75, 3.05) is 26.2 Å². The van der Waals surface area contributed by atoms with E-state index >= 15 is 0 Å². The van der Waals surface area contributed by atoms with Crippen molar-refractivity contribution in [1.82, 2.24) is 14.8 Å². The topological polar surface area (TPSA) is 72.0 Å². The van der Waals surface area contributed by atoms with E-state index in [4.69, 9.17) is 9.47 Å². The van der Waals surface area contributed by atoms with Gasteiger partial charge in [0.15, 0.2) is 0 Å². The lowest BCUT2D eigenvalue weighted by molar-refractivity contribution is -0.143. The van der Waals surface area contributed by atoms with Gasteiger partial charge in [0, 0.05) is 25.3 Å². The number of pyridine rings is 1. The Morgan fingerprint density at radius 3 is 2.71 bits per heavy atom. The number of para-hydroxylation sites is 1. The Hall–Kier alpha value is -2.93. The molecular formula is C27H33N3O4. The van der Waals surface area contributed by atoms with Crippen LogP contribution in [0.15, 0.2) is 48.7 Å². The average molecular weight is 464 g/mol. The van der Waals surface area contributed by atoms with Gasteiger partial charge in [0.05, 0.1) is 30.9 Å². The minimum atomic E-state index is -0.291. The zero-order chi connectivity index (χ0) is 23.3. The molecule has 180 valence electrons. The Morgan fingerprint density at radius 1 is 1.06 bits per heavy atom. The van der Waals surface area contributed by atoms with Crippen LogP contribution in [0, 0.1) is 5.92 Å². The lowest BCUT2D eigenvalue weighted by atomic mass is 9.94. The SMILES string of the molecule is O=C([C@H]1COc2ccccc2C1)N1CC(=O)N(C2CCCCC2)C[C@@H](OCc2ccccn2)C1. The third-order valence-corrected chi connectivity index (χ3v) is 7.22. The van der Waals surface area contributed by atoms with Gasteiger partial charge in [0.2, 0.25) is 11.8 Å². The van der Waals surface area contributed by atoms with Gasteiger partial charge in [-0.05, 0) is 43.0 Å². The molecule has 0 N–H and O–H groups in total. The van der Waals surface area contributed by atoms with Crippen molar-refractivity contribution in [1.29, 1.82) is 0 Å². The number of amides is 2. The fraction of sp³-hybridized carbons (Fsp3) is 0.519. The molecule has 2 fully saturated rings. The molecule has 0 unspecified atom stereocenters. The molecule has 1 saturated carbocycles. The number of nitrogens with zero attached hydrogens (tertiary/aromatic N) is 3. The first-order chi connectivity index (χ1) is 16.7. The van der Waals surface area contributed by atoms with Gasteiger partial charge in [-0.2, -0.15) is 0 Å². The summed E-state index contributed by atoms with van der Waals surface area (Å²) >= 11 is 0. The molecule has 1 aliphatic carbocycles. The van der Waals surface area contributed by atoms with Crippen molar-refractivity contribution in [2.45, 2.75) is 57.3 Å². The highest BCUT2D eigenvalue weighted by atomic mass is 16.5. The molecule has 2 aromatic rings. The van der Waals surface area contributed by atoms with Crippen molar-refractivity contribution in [3.05, 3.63) is 59.9 Å². The second-order valence-corrected chi connectivity index (χ2v) is 9.63. The van der Waals surface area contributed by atoms with Crippen LogP contribution in [0.4, 0.5) is 0 Å². The van der Waals surface area contributed by atoms with Crippen LogP contribution in [-0.2, 0) is 27.4 Å². The number of ether oxygens (including phenoxy) is 2. The Labute approximate surface area is 201 Å². The maximum absolute atomic E-state index is 13.6. The molecule has 5 rings (SSSR count). The average Bonchev–Trinajstić information content (AvgIpc) is 3.06. The summed E-state index contributed by atoms with van der Waals surface area (Å²) in [7, 11) is 0. The normalized spacial score (nSPS) is 23.7. The quantitative estimate of drug-likeness (QED) is 0.681. The third-order valence-electron chi connectivity index (χ3n) is 7.22. The molecule has 2 atom stereocenters. The first kappa shape index (κ1) is 22.8. The molecule has 7 nitrogen and oxygen atoms in total. The van der Waals surface area contributed by atoms with Crippen LogP contribution in [0.5, 0.6) is 5.75 Å². The second-order valence-electron chi connectivity index (χ2n) is 9.63. The lowest BCUT2D eigenvalue weighted by Crippen LogP contribution is -2.47. The summed E-state index contributed by atoms with van der Waals surface area (Å²) in [5.74, 6) is 0.556. The van der Waals surface area contributed by atoms with Gasteiger partial charge in [-0.3, -0.25) is 14.6 Å². The molecule has 7 heteroatoms. The van der Waals surface area contributed by atoms with Crippen molar-refractivity contribution in [2.24, 2.45) is 5.92 Å². The van der Waals surface area contributed by atoms with E-state index in [0.29, 0.717) is 32.7 Å². The fourth-order valence-electron chi connectivity index (χ4n) is 5.39. The van der Waals surface area contributed by atoms with Gasteiger partial charge >= 0.3 is 0 Å². The highest BCUT2D eigenvalue weighted by molar-refractivity contribution is 5.87. The van der Waals surface area contributed by atoms with Gasteiger partial charge in [0.25, 0.3) is 0 Å². The molecule has 2 aliphatic heterocycles. The van der Waals surface area contributed by atoms with E-state index < -0.39 is 0 Å². The molecule has 3 aliphatic rings. The van der Waals surface area contributed by atoms with E-state index in [1.807, 2.05) is 47.4 Å². The zero-order valence-corrected chi connectivity index (χ0v) is 19.6. The Bertz CT molecular complexity index is 992. The minimum Gasteiger partial charge on any atom is -0.492 e. The predicted octanol–water partition coefficient (Wildman–Crippen LogP) is 3.22. The van der Waals surface area contributed by atoms with E-state index in [0.717, 1.165) is 42.7 Å². The number of hydrogen-bond donors (Lipinski definition) is 0. The number of fused-ring (bicyclic) bond motifs is 1. The molecule has 3 heterocycles. The van der Waals surface area contributed by atoms with Crippen LogP contribution in [0.25, 0.3) is 0 Å².